The van der Waals surface area contributed by atoms with Crippen LogP contribution in [0.2, 0.25) is 0 Å². The zero-order chi connectivity index (χ0) is 13.9. The minimum Gasteiger partial charge on any atom is -0.463 e. The van der Waals surface area contributed by atoms with Crippen LogP contribution in [0, 0.1) is 0 Å². The van der Waals surface area contributed by atoms with Crippen molar-refractivity contribution in [2.75, 3.05) is 7.11 Å². The van der Waals surface area contributed by atoms with Crippen LogP contribution >= 0.6 is 11.3 Å². The Hall–Kier alpha value is -2.48. The Morgan fingerprint density at radius 3 is 3.20 bits per heavy atom. The predicted octanol–water partition coefficient (Wildman–Crippen LogP) is 1.83. The lowest BCUT2D eigenvalue weighted by molar-refractivity contribution is 0.0586. The topological polar surface area (TPSA) is 83.0 Å². The van der Waals surface area contributed by atoms with Crippen molar-refractivity contribution in [2.45, 2.75) is 6.54 Å². The Morgan fingerprint density at radius 1 is 1.55 bits per heavy atom. The first kappa shape index (κ1) is 12.5. The molecule has 0 aliphatic heterocycles. The fourth-order valence-corrected chi connectivity index (χ4v) is 2.27. The molecule has 3 aromatic rings. The minimum absolute atomic E-state index is 0.0227. The maximum absolute atomic E-state index is 11.2. The Balaban J connectivity index is 1.75. The average Bonchev–Trinajstić information content (AvgIpc) is 3.19. The molecule has 0 N–H and O–H groups in total. The molecule has 20 heavy (non-hydrogen) atoms. The van der Waals surface area contributed by atoms with E-state index in [-0.39, 0.29) is 5.82 Å². The second-order valence-corrected chi connectivity index (χ2v) is 4.83. The number of hydrogen-bond acceptors (Lipinski definition) is 7. The van der Waals surface area contributed by atoms with Gasteiger partial charge >= 0.3 is 5.97 Å². The fraction of sp³-hybridized carbons (Fsp3) is 0.167. The summed E-state index contributed by atoms with van der Waals surface area (Å²) < 4.78 is 11.4. The van der Waals surface area contributed by atoms with E-state index in [0.29, 0.717) is 18.1 Å². The number of rotatable bonds is 4. The second-order valence-electron chi connectivity index (χ2n) is 3.88. The molecule has 0 amide bonds. The van der Waals surface area contributed by atoms with Gasteiger partial charge in [0.05, 0.1) is 18.5 Å². The van der Waals surface area contributed by atoms with Crippen molar-refractivity contribution < 1.29 is 13.9 Å². The van der Waals surface area contributed by atoms with E-state index < -0.39 is 5.97 Å². The van der Waals surface area contributed by atoms with E-state index in [0.717, 1.165) is 4.88 Å². The van der Waals surface area contributed by atoms with Crippen molar-refractivity contribution in [3.8, 4) is 10.8 Å². The molecular formula is C12H10N4O3S. The van der Waals surface area contributed by atoms with E-state index in [1.807, 2.05) is 17.5 Å². The van der Waals surface area contributed by atoms with Gasteiger partial charge < -0.3 is 9.15 Å². The highest BCUT2D eigenvalue weighted by Gasteiger charge is 2.13. The number of nitrogens with zero attached hydrogens (tertiary/aromatic N) is 4. The van der Waals surface area contributed by atoms with E-state index in [1.165, 1.54) is 18.1 Å². The molecule has 0 saturated carbocycles. The van der Waals surface area contributed by atoms with Crippen molar-refractivity contribution in [3.63, 3.8) is 0 Å². The standard InChI is InChI=1S/C12H10N4O3S/c1-18-12(17)10-13-7-16(15-10)5-8-6-19-11(14-8)9-3-2-4-20-9/h2-4,6-7H,5H2,1H3. The second kappa shape index (κ2) is 5.25. The molecule has 0 spiro atoms. The Bertz CT molecular complexity index is 717. The quantitative estimate of drug-likeness (QED) is 0.682. The van der Waals surface area contributed by atoms with Crippen LogP contribution in [0.25, 0.3) is 10.8 Å². The van der Waals surface area contributed by atoms with Gasteiger partial charge in [-0.05, 0) is 11.4 Å². The molecule has 0 unspecified atom stereocenters. The lowest BCUT2D eigenvalue weighted by atomic mass is 10.4. The van der Waals surface area contributed by atoms with E-state index in [2.05, 4.69) is 19.8 Å². The highest BCUT2D eigenvalue weighted by molar-refractivity contribution is 7.13. The molecule has 0 saturated heterocycles. The molecule has 7 nitrogen and oxygen atoms in total. The van der Waals surface area contributed by atoms with E-state index >= 15 is 0 Å². The summed E-state index contributed by atoms with van der Waals surface area (Å²) in [5.41, 5.74) is 0.703. The molecular weight excluding hydrogens is 280 g/mol. The Kier molecular flexibility index (Phi) is 3.30. The number of methoxy groups -OCH3 is 1. The van der Waals surface area contributed by atoms with Crippen LogP contribution in [0.15, 0.2) is 34.5 Å². The largest absolute Gasteiger partial charge is 0.463 e. The number of hydrogen-bond donors (Lipinski definition) is 0. The maximum atomic E-state index is 11.2. The van der Waals surface area contributed by atoms with Crippen LogP contribution in [-0.2, 0) is 11.3 Å². The van der Waals surface area contributed by atoms with Crippen molar-refractivity contribution in [3.05, 3.63) is 41.6 Å². The SMILES string of the molecule is COC(=O)c1ncn(Cc2coc(-c3cccs3)n2)n1. The zero-order valence-electron chi connectivity index (χ0n) is 10.5. The van der Waals surface area contributed by atoms with Gasteiger partial charge in [0, 0.05) is 0 Å². The molecule has 0 bridgehead atoms. The predicted molar refractivity (Wildman–Crippen MR) is 70.3 cm³/mol. The molecule has 0 atom stereocenters. The van der Waals surface area contributed by atoms with Crippen LogP contribution in [-0.4, -0.2) is 32.8 Å². The van der Waals surface area contributed by atoms with Crippen LogP contribution < -0.4 is 0 Å². The summed E-state index contributed by atoms with van der Waals surface area (Å²) in [5, 5.41) is 5.96. The van der Waals surface area contributed by atoms with Crippen molar-refractivity contribution in [1.29, 1.82) is 0 Å². The molecule has 3 heterocycles. The summed E-state index contributed by atoms with van der Waals surface area (Å²) in [6.07, 6.45) is 3.01. The summed E-state index contributed by atoms with van der Waals surface area (Å²) in [5.74, 6) is 0.0287. The number of carbonyl (C=O) groups excluding carboxylic acids is 1. The van der Waals surface area contributed by atoms with E-state index in [9.17, 15) is 4.79 Å². The molecule has 0 radical (unpaired) electrons. The number of ether oxygens (including phenoxy) is 1. The first-order valence-electron chi connectivity index (χ1n) is 5.72. The van der Waals surface area contributed by atoms with Crippen LogP contribution in [0.3, 0.4) is 0 Å². The fourth-order valence-electron chi connectivity index (χ4n) is 1.61. The van der Waals surface area contributed by atoms with E-state index in [1.54, 1.807) is 17.6 Å². The van der Waals surface area contributed by atoms with Gasteiger partial charge in [-0.25, -0.2) is 19.4 Å². The molecule has 8 heteroatoms. The van der Waals surface area contributed by atoms with Gasteiger partial charge in [-0.1, -0.05) is 6.07 Å². The summed E-state index contributed by atoms with van der Waals surface area (Å²) >= 11 is 1.55. The highest BCUT2D eigenvalue weighted by atomic mass is 32.1. The molecule has 0 aromatic carbocycles. The third kappa shape index (κ3) is 2.45. The van der Waals surface area contributed by atoms with Gasteiger partial charge in [-0.15, -0.1) is 16.4 Å². The van der Waals surface area contributed by atoms with Gasteiger partial charge in [0.1, 0.15) is 18.3 Å². The van der Waals surface area contributed by atoms with Gasteiger partial charge in [0.25, 0.3) is 5.82 Å². The molecule has 0 aliphatic carbocycles. The third-order valence-electron chi connectivity index (χ3n) is 2.51. The van der Waals surface area contributed by atoms with Gasteiger partial charge in [-0.3, -0.25) is 0 Å². The summed E-state index contributed by atoms with van der Waals surface area (Å²) in [4.78, 5) is 20.4. The van der Waals surface area contributed by atoms with Crippen molar-refractivity contribution >= 4 is 17.3 Å². The number of esters is 1. The lowest BCUT2D eigenvalue weighted by Crippen LogP contribution is -2.06. The third-order valence-corrected chi connectivity index (χ3v) is 3.37. The van der Waals surface area contributed by atoms with Crippen molar-refractivity contribution in [1.82, 2.24) is 19.7 Å². The number of oxazole rings is 1. The number of thiophene rings is 1. The van der Waals surface area contributed by atoms with Crippen LogP contribution in [0.4, 0.5) is 0 Å². The monoisotopic (exact) mass is 290 g/mol. The van der Waals surface area contributed by atoms with Crippen LogP contribution in [0.5, 0.6) is 0 Å². The van der Waals surface area contributed by atoms with Gasteiger partial charge in [0.2, 0.25) is 5.89 Å². The normalized spacial score (nSPS) is 10.7. The molecule has 0 fully saturated rings. The average molecular weight is 290 g/mol. The van der Waals surface area contributed by atoms with E-state index in [4.69, 9.17) is 4.42 Å². The van der Waals surface area contributed by atoms with Crippen LogP contribution in [0.1, 0.15) is 16.3 Å². The molecule has 0 aliphatic rings. The van der Waals surface area contributed by atoms with Gasteiger partial charge in [0.15, 0.2) is 0 Å². The summed E-state index contributed by atoms with van der Waals surface area (Å²) in [6.45, 7) is 0.374. The Labute approximate surface area is 117 Å². The lowest BCUT2D eigenvalue weighted by Gasteiger charge is -1.94. The van der Waals surface area contributed by atoms with Gasteiger partial charge in [-0.2, -0.15) is 0 Å². The number of carbonyl (C=O) groups is 1. The zero-order valence-corrected chi connectivity index (χ0v) is 11.3. The molecule has 3 rings (SSSR count). The maximum Gasteiger partial charge on any atom is 0.377 e. The van der Waals surface area contributed by atoms with Crippen molar-refractivity contribution in [2.24, 2.45) is 0 Å². The molecule has 3 aromatic heterocycles. The molecule has 102 valence electrons. The first-order chi connectivity index (χ1) is 9.76. The summed E-state index contributed by atoms with van der Waals surface area (Å²) in [7, 11) is 1.29. The number of aromatic nitrogens is 4. The Morgan fingerprint density at radius 2 is 2.45 bits per heavy atom. The highest BCUT2D eigenvalue weighted by Crippen LogP contribution is 2.23. The minimum atomic E-state index is -0.567. The summed E-state index contributed by atoms with van der Waals surface area (Å²) in [6, 6.07) is 3.87. The smallest absolute Gasteiger partial charge is 0.377 e. The first-order valence-corrected chi connectivity index (χ1v) is 6.60.